The molecule has 1 saturated carbocycles. The highest BCUT2D eigenvalue weighted by molar-refractivity contribution is 5.71. The van der Waals surface area contributed by atoms with Crippen LogP contribution in [0.4, 0.5) is 15.4 Å². The Balaban J connectivity index is 1.21. The zero-order valence-corrected chi connectivity index (χ0v) is 24.0. The van der Waals surface area contributed by atoms with Crippen LogP contribution in [0.5, 0.6) is 6.01 Å². The number of hydrogen-bond acceptors (Lipinski definition) is 9. The lowest BCUT2D eigenvalue weighted by Gasteiger charge is -2.42. The van der Waals surface area contributed by atoms with Gasteiger partial charge in [0.05, 0.1) is 44.1 Å². The van der Waals surface area contributed by atoms with Crippen LogP contribution in [-0.2, 0) is 29.2 Å². The SMILES string of the molecule is CC(C)(C)OC(=O)N1C2CCC1CN(c1nc(OCC3(CO)CC3)nc3c1CN(C(=O)OCc1ccccc1)C3)C2. The molecule has 2 atom stereocenters. The average Bonchev–Trinajstić information content (AvgIpc) is 3.52. The highest BCUT2D eigenvalue weighted by Gasteiger charge is 2.46. The zero-order chi connectivity index (χ0) is 28.8. The number of anilines is 1. The first-order valence-electron chi connectivity index (χ1n) is 14.5. The summed E-state index contributed by atoms with van der Waals surface area (Å²) in [6.45, 7) is 8.11. The van der Waals surface area contributed by atoms with Gasteiger partial charge in [-0.2, -0.15) is 9.97 Å². The molecule has 1 aliphatic carbocycles. The van der Waals surface area contributed by atoms with Gasteiger partial charge < -0.3 is 24.2 Å². The van der Waals surface area contributed by atoms with Crippen molar-refractivity contribution in [2.24, 2.45) is 5.41 Å². The lowest BCUT2D eigenvalue weighted by atomic mass is 10.1. The van der Waals surface area contributed by atoms with Gasteiger partial charge in [0.1, 0.15) is 18.0 Å². The van der Waals surface area contributed by atoms with E-state index in [0.29, 0.717) is 32.8 Å². The van der Waals surface area contributed by atoms with Crippen molar-refractivity contribution in [1.29, 1.82) is 0 Å². The Labute approximate surface area is 240 Å². The minimum Gasteiger partial charge on any atom is -0.463 e. The Morgan fingerprint density at radius 1 is 1.02 bits per heavy atom. The van der Waals surface area contributed by atoms with Crippen LogP contribution in [0.3, 0.4) is 0 Å². The molecule has 3 fully saturated rings. The summed E-state index contributed by atoms with van der Waals surface area (Å²) in [5.74, 6) is 0.734. The molecule has 11 nitrogen and oxygen atoms in total. The molecule has 0 radical (unpaired) electrons. The van der Waals surface area contributed by atoms with Crippen LogP contribution in [0.1, 0.15) is 63.3 Å². The fraction of sp³-hybridized carbons (Fsp3) is 0.600. The molecule has 4 heterocycles. The van der Waals surface area contributed by atoms with Gasteiger partial charge in [0.25, 0.3) is 0 Å². The Morgan fingerprint density at radius 2 is 1.73 bits per heavy atom. The summed E-state index contributed by atoms with van der Waals surface area (Å²) in [5.41, 5.74) is 1.76. The lowest BCUT2D eigenvalue weighted by molar-refractivity contribution is 0.0122. The predicted octanol–water partition coefficient (Wildman–Crippen LogP) is 3.87. The summed E-state index contributed by atoms with van der Waals surface area (Å²) < 4.78 is 17.4. The predicted molar refractivity (Wildman–Crippen MR) is 149 cm³/mol. The van der Waals surface area contributed by atoms with Gasteiger partial charge in [-0.05, 0) is 52.0 Å². The van der Waals surface area contributed by atoms with E-state index in [9.17, 15) is 14.7 Å². The second-order valence-corrected chi connectivity index (χ2v) is 12.8. The van der Waals surface area contributed by atoms with Gasteiger partial charge in [0.2, 0.25) is 0 Å². The lowest BCUT2D eigenvalue weighted by Crippen LogP contribution is -2.57. The van der Waals surface area contributed by atoms with Crippen LogP contribution >= 0.6 is 0 Å². The molecule has 4 aliphatic rings. The number of aliphatic hydroxyl groups is 1. The van der Waals surface area contributed by atoms with Gasteiger partial charge in [-0.15, -0.1) is 0 Å². The molecule has 3 aliphatic heterocycles. The Hall–Kier alpha value is -3.60. The fourth-order valence-corrected chi connectivity index (χ4v) is 5.91. The van der Waals surface area contributed by atoms with Crippen molar-refractivity contribution in [3.63, 3.8) is 0 Å². The first kappa shape index (κ1) is 27.6. The van der Waals surface area contributed by atoms with Gasteiger partial charge in [-0.25, -0.2) is 9.59 Å². The molecule has 41 heavy (non-hydrogen) atoms. The van der Waals surface area contributed by atoms with Crippen molar-refractivity contribution < 1.29 is 28.9 Å². The standard InChI is InChI=1S/C30H39N5O6/c1-29(2,3)41-28(38)35-21-9-10-22(35)14-33(13-21)25-23-15-34(27(37)39-17-20-7-5-4-6-8-20)16-24(23)31-26(32-25)40-19-30(18-36)11-12-30/h4-8,21-22,36H,9-19H2,1-3H3. The number of aromatic nitrogens is 2. The smallest absolute Gasteiger partial charge is 0.410 e. The number of rotatable bonds is 7. The van der Waals surface area contributed by atoms with Crippen molar-refractivity contribution in [2.75, 3.05) is 31.2 Å². The molecule has 1 N–H and O–H groups in total. The van der Waals surface area contributed by atoms with E-state index < -0.39 is 11.7 Å². The number of piperazine rings is 1. The van der Waals surface area contributed by atoms with Crippen LogP contribution < -0.4 is 9.64 Å². The van der Waals surface area contributed by atoms with Gasteiger partial charge in [-0.3, -0.25) is 9.80 Å². The van der Waals surface area contributed by atoms with Crippen LogP contribution in [0.15, 0.2) is 30.3 Å². The van der Waals surface area contributed by atoms with Crippen molar-refractivity contribution in [1.82, 2.24) is 19.8 Å². The number of ether oxygens (including phenoxy) is 3. The number of fused-ring (bicyclic) bond motifs is 3. The third kappa shape index (κ3) is 5.91. The average molecular weight is 566 g/mol. The van der Waals surface area contributed by atoms with E-state index in [1.54, 1.807) is 4.90 Å². The molecule has 6 rings (SSSR count). The van der Waals surface area contributed by atoms with E-state index in [1.165, 1.54) is 0 Å². The second kappa shape index (κ2) is 10.7. The van der Waals surface area contributed by atoms with Gasteiger partial charge in [0.15, 0.2) is 0 Å². The number of aliphatic hydroxyl groups excluding tert-OH is 1. The maximum absolute atomic E-state index is 13.0. The number of benzene rings is 1. The largest absolute Gasteiger partial charge is 0.463 e. The first-order valence-corrected chi connectivity index (χ1v) is 14.5. The highest BCUT2D eigenvalue weighted by atomic mass is 16.6. The summed E-state index contributed by atoms with van der Waals surface area (Å²) in [7, 11) is 0. The third-order valence-electron chi connectivity index (χ3n) is 8.39. The van der Waals surface area contributed by atoms with Crippen LogP contribution in [0, 0.1) is 5.41 Å². The second-order valence-electron chi connectivity index (χ2n) is 12.8. The first-order chi connectivity index (χ1) is 19.6. The maximum atomic E-state index is 13.0. The van der Waals surface area contributed by atoms with Crippen LogP contribution in [0.25, 0.3) is 0 Å². The van der Waals surface area contributed by atoms with E-state index >= 15 is 0 Å². The van der Waals surface area contributed by atoms with E-state index in [2.05, 4.69) is 9.88 Å². The summed E-state index contributed by atoms with van der Waals surface area (Å²) in [4.78, 5) is 41.3. The number of carbonyl (C=O) groups is 2. The molecule has 11 heteroatoms. The summed E-state index contributed by atoms with van der Waals surface area (Å²) in [6.07, 6.45) is 2.94. The third-order valence-corrected chi connectivity index (χ3v) is 8.39. The molecule has 2 bridgehead atoms. The minimum atomic E-state index is -0.556. The summed E-state index contributed by atoms with van der Waals surface area (Å²) >= 11 is 0. The number of nitrogens with zero attached hydrogens (tertiary/aromatic N) is 5. The number of hydrogen-bond donors (Lipinski definition) is 1. The van der Waals surface area contributed by atoms with Crippen molar-refractivity contribution in [3.8, 4) is 6.01 Å². The van der Waals surface area contributed by atoms with Gasteiger partial charge in [-0.1, -0.05) is 30.3 Å². The van der Waals surface area contributed by atoms with E-state index in [4.69, 9.17) is 19.2 Å². The molecular formula is C30H39N5O6. The number of carbonyl (C=O) groups excluding carboxylic acids is 2. The monoisotopic (exact) mass is 565 g/mol. The molecule has 0 spiro atoms. The number of amides is 2. The van der Waals surface area contributed by atoms with E-state index in [-0.39, 0.29) is 42.8 Å². The molecule has 2 amide bonds. The van der Waals surface area contributed by atoms with Gasteiger partial charge >= 0.3 is 18.2 Å². The fourth-order valence-electron chi connectivity index (χ4n) is 5.91. The molecule has 1 aromatic carbocycles. The quantitative estimate of drug-likeness (QED) is 0.534. The molecular weight excluding hydrogens is 526 g/mol. The van der Waals surface area contributed by atoms with Crippen molar-refractivity contribution in [3.05, 3.63) is 47.2 Å². The van der Waals surface area contributed by atoms with E-state index in [1.807, 2.05) is 56.0 Å². The Kier molecular flexibility index (Phi) is 7.17. The topological polar surface area (TPSA) is 118 Å². The molecule has 2 saturated heterocycles. The summed E-state index contributed by atoms with van der Waals surface area (Å²) in [5, 5.41) is 9.75. The molecule has 2 unspecified atom stereocenters. The highest BCUT2D eigenvalue weighted by Crippen LogP contribution is 2.45. The zero-order valence-electron chi connectivity index (χ0n) is 24.0. The van der Waals surface area contributed by atoms with Crippen molar-refractivity contribution >= 4 is 18.0 Å². The van der Waals surface area contributed by atoms with Crippen molar-refractivity contribution in [2.45, 2.75) is 83.8 Å². The Bertz CT molecular complexity index is 1280. The molecule has 1 aromatic heterocycles. The van der Waals surface area contributed by atoms with E-state index in [0.717, 1.165) is 48.3 Å². The molecule has 220 valence electrons. The Morgan fingerprint density at radius 3 is 2.37 bits per heavy atom. The van der Waals surface area contributed by atoms with Crippen LogP contribution in [-0.4, -0.2) is 81.0 Å². The maximum Gasteiger partial charge on any atom is 0.410 e. The molecule has 2 aromatic rings. The normalized spacial score (nSPS) is 22.4. The van der Waals surface area contributed by atoms with Gasteiger partial charge in [0, 0.05) is 24.1 Å². The summed E-state index contributed by atoms with van der Waals surface area (Å²) in [6, 6.07) is 9.86. The van der Waals surface area contributed by atoms with Crippen LogP contribution in [0.2, 0.25) is 0 Å². The minimum absolute atomic E-state index is 0.0102.